The largest absolute Gasteiger partial charge is 0.454 e. The van der Waals surface area contributed by atoms with E-state index in [0.29, 0.717) is 17.2 Å². The molecule has 1 aliphatic heterocycles. The van der Waals surface area contributed by atoms with Crippen LogP contribution in [-0.4, -0.2) is 50.1 Å². The molecule has 0 radical (unpaired) electrons. The van der Waals surface area contributed by atoms with Crippen molar-refractivity contribution in [3.63, 3.8) is 0 Å². The number of amides is 1. The summed E-state index contributed by atoms with van der Waals surface area (Å²) in [6, 6.07) is 17.6. The molecule has 10 heteroatoms. The van der Waals surface area contributed by atoms with E-state index in [2.05, 4.69) is 10.0 Å². The number of nitrogens with one attached hydrogen (secondary N) is 2. The van der Waals surface area contributed by atoms with Gasteiger partial charge in [0.25, 0.3) is 0 Å². The fourth-order valence-corrected chi connectivity index (χ4v) is 5.93. The number of sulfonamides is 1. The van der Waals surface area contributed by atoms with Crippen LogP contribution in [0.25, 0.3) is 11.1 Å². The molecule has 0 aromatic heterocycles. The fourth-order valence-electron chi connectivity index (χ4n) is 4.54. The molecule has 3 aromatic rings. The molecule has 5 rings (SSSR count). The predicted octanol–water partition coefficient (Wildman–Crippen LogP) is 3.82. The maximum Gasteiger partial charge on any atom is 0.241 e. The van der Waals surface area contributed by atoms with Crippen molar-refractivity contribution < 1.29 is 37.2 Å². The van der Waals surface area contributed by atoms with E-state index < -0.39 is 34.2 Å². The topological polar surface area (TPSA) is 134 Å². The molecule has 0 atom stereocenters. The Morgan fingerprint density at radius 2 is 1.68 bits per heavy atom. The Morgan fingerprint density at radius 1 is 1.00 bits per heavy atom. The monoisotopic (exact) mass is 544 g/mol. The maximum atomic E-state index is 13.4. The molecule has 2 aliphatic rings. The molecule has 1 aliphatic carbocycles. The van der Waals surface area contributed by atoms with Gasteiger partial charge in [0.05, 0.1) is 29.1 Å². The molecular formula is C28H36N2O7S. The quantitative estimate of drug-likeness (QED) is 0.322. The Labute approximate surface area is 225 Å². The zero-order valence-electron chi connectivity index (χ0n) is 21.2. The van der Waals surface area contributed by atoms with Gasteiger partial charge in [-0.25, -0.2) is 13.1 Å². The number of hydrogen-bond donors (Lipinski definition) is 4. The first kappa shape index (κ1) is 26.2. The molecule has 1 saturated carbocycles. The zero-order valence-corrected chi connectivity index (χ0v) is 22.0. The summed E-state index contributed by atoms with van der Waals surface area (Å²) in [7, 11) is -3.96. The molecule has 1 heterocycles. The highest BCUT2D eigenvalue weighted by molar-refractivity contribution is 7.89. The van der Waals surface area contributed by atoms with Gasteiger partial charge in [0, 0.05) is 9.97 Å². The van der Waals surface area contributed by atoms with Crippen molar-refractivity contribution in [3.05, 3.63) is 71.8 Å². The molecule has 3 aromatic carbocycles. The molecule has 0 bridgehead atoms. The van der Waals surface area contributed by atoms with Gasteiger partial charge in [-0.15, -0.1) is 0 Å². The van der Waals surface area contributed by atoms with E-state index in [1.165, 1.54) is 19.1 Å². The minimum atomic E-state index is -3.96. The molecule has 38 heavy (non-hydrogen) atoms. The summed E-state index contributed by atoms with van der Waals surface area (Å²) in [5.41, 5.74) is 2.15. The van der Waals surface area contributed by atoms with Crippen molar-refractivity contribution in [2.24, 2.45) is 0 Å². The number of carbonyl (C=O) groups excluding carboxylic acids is 1. The lowest BCUT2D eigenvalue weighted by atomic mass is 9.94. The highest BCUT2D eigenvalue weighted by atomic mass is 32.2. The molecule has 0 saturated heterocycles. The number of aryl methyl sites for hydroxylation is 1. The van der Waals surface area contributed by atoms with Gasteiger partial charge in [0.2, 0.25) is 22.7 Å². The van der Waals surface area contributed by atoms with E-state index in [9.17, 15) is 23.4 Å². The number of carbonyl (C=O) groups is 1. The number of rotatable bonds is 9. The second-order valence-corrected chi connectivity index (χ2v) is 11.8. The Bertz CT molecular complexity index is 1490. The molecule has 0 unspecified atom stereocenters. The lowest BCUT2D eigenvalue weighted by Gasteiger charge is -2.25. The van der Waals surface area contributed by atoms with Crippen LogP contribution in [0.3, 0.4) is 0 Å². The first-order valence-electron chi connectivity index (χ1n) is 12.3. The van der Waals surface area contributed by atoms with Crippen LogP contribution in [0, 0.1) is 6.92 Å². The van der Waals surface area contributed by atoms with Crippen LogP contribution in [-0.2, 0) is 20.2 Å². The first-order valence-corrected chi connectivity index (χ1v) is 13.8. The second kappa shape index (κ2) is 9.70. The number of aliphatic hydroxyl groups excluding tert-OH is 2. The predicted molar refractivity (Wildman–Crippen MR) is 148 cm³/mol. The van der Waals surface area contributed by atoms with Crippen molar-refractivity contribution >= 4 is 21.6 Å². The Hall–Kier alpha value is -3.44. The maximum absolute atomic E-state index is 13.4. The number of hydrogen-bond acceptors (Lipinski definition) is 7. The Morgan fingerprint density at radius 3 is 2.34 bits per heavy atom. The highest BCUT2D eigenvalue weighted by Crippen LogP contribution is 2.51. The van der Waals surface area contributed by atoms with Crippen molar-refractivity contribution in [2.75, 3.05) is 25.3 Å². The van der Waals surface area contributed by atoms with Crippen molar-refractivity contribution in [1.82, 2.24) is 4.72 Å². The van der Waals surface area contributed by atoms with Crippen molar-refractivity contribution in [2.45, 2.75) is 42.5 Å². The fraction of sp³-hybridized carbons (Fsp3) is 0.321. The Kier molecular flexibility index (Phi) is 6.68. The van der Waals surface area contributed by atoms with Crippen LogP contribution in [0.2, 0.25) is 0 Å². The summed E-state index contributed by atoms with van der Waals surface area (Å²) >= 11 is 0. The van der Waals surface area contributed by atoms with Crippen LogP contribution in [0.1, 0.15) is 35.2 Å². The number of benzene rings is 3. The van der Waals surface area contributed by atoms with Gasteiger partial charge in [-0.1, -0.05) is 24.3 Å². The van der Waals surface area contributed by atoms with Gasteiger partial charge >= 0.3 is 0 Å². The molecule has 206 valence electrons. The standard InChI is InChI=1S/C28H30N2O7S.3H2/c1-18-3-7-21(29-26(33)28(11-12-28)20-6-10-24-25(13-20)37-17-36-24)14-23(18)19-4-8-22(9-5-19)38(34,35)30-27(2,15-31)16-32;;;/h3-10,13-14,30-32H,11-12,15-17H2,1-2H3,(H,29,33);3*1H. The van der Waals surface area contributed by atoms with Crippen LogP contribution in [0.15, 0.2) is 65.6 Å². The third kappa shape index (κ3) is 4.88. The molecular weight excluding hydrogens is 508 g/mol. The minimum absolute atomic E-state index is 0. The smallest absolute Gasteiger partial charge is 0.241 e. The summed E-state index contributed by atoms with van der Waals surface area (Å²) in [6.07, 6.45) is 1.49. The lowest BCUT2D eigenvalue weighted by molar-refractivity contribution is -0.118. The molecule has 4 N–H and O–H groups in total. The third-order valence-corrected chi connectivity index (χ3v) is 8.81. The van der Waals surface area contributed by atoms with Gasteiger partial charge in [0.15, 0.2) is 11.5 Å². The van der Waals surface area contributed by atoms with E-state index in [1.54, 1.807) is 12.1 Å². The van der Waals surface area contributed by atoms with Crippen LogP contribution in [0.5, 0.6) is 11.5 Å². The summed E-state index contributed by atoms with van der Waals surface area (Å²) in [4.78, 5) is 13.4. The van der Waals surface area contributed by atoms with Crippen molar-refractivity contribution in [3.8, 4) is 22.6 Å². The van der Waals surface area contributed by atoms with E-state index in [4.69, 9.17) is 9.47 Å². The van der Waals surface area contributed by atoms with E-state index in [0.717, 1.165) is 35.1 Å². The third-order valence-electron chi connectivity index (χ3n) is 7.16. The van der Waals surface area contributed by atoms with Gasteiger partial charge in [-0.05, 0) is 85.3 Å². The summed E-state index contributed by atoms with van der Waals surface area (Å²) < 4.78 is 38.7. The first-order chi connectivity index (χ1) is 18.1. The average molecular weight is 545 g/mol. The van der Waals surface area contributed by atoms with Crippen molar-refractivity contribution in [1.29, 1.82) is 0 Å². The van der Waals surface area contributed by atoms with E-state index in [-0.39, 0.29) is 21.9 Å². The molecule has 1 amide bonds. The average Bonchev–Trinajstić information content (AvgIpc) is 3.60. The normalized spacial score (nSPS) is 15.8. The van der Waals surface area contributed by atoms with Gasteiger partial charge < -0.3 is 25.0 Å². The summed E-state index contributed by atoms with van der Waals surface area (Å²) in [6.45, 7) is 2.44. The summed E-state index contributed by atoms with van der Waals surface area (Å²) in [5, 5.41) is 21.9. The minimum Gasteiger partial charge on any atom is -0.454 e. The van der Waals surface area contributed by atoms with Gasteiger partial charge in [-0.2, -0.15) is 0 Å². The van der Waals surface area contributed by atoms with Crippen LogP contribution < -0.4 is 19.5 Å². The molecule has 1 fully saturated rings. The molecule has 0 spiro atoms. The number of aliphatic hydroxyl groups is 2. The van der Waals surface area contributed by atoms with E-state index >= 15 is 0 Å². The lowest BCUT2D eigenvalue weighted by Crippen LogP contribution is -2.51. The second-order valence-electron chi connectivity index (χ2n) is 10.1. The zero-order chi connectivity index (χ0) is 27.1. The number of anilines is 1. The van der Waals surface area contributed by atoms with Gasteiger partial charge in [0.1, 0.15) is 0 Å². The summed E-state index contributed by atoms with van der Waals surface area (Å²) in [5.74, 6) is 1.24. The number of ether oxygens (including phenoxy) is 2. The van der Waals surface area contributed by atoms with Gasteiger partial charge in [-0.3, -0.25) is 4.79 Å². The van der Waals surface area contributed by atoms with Crippen LogP contribution >= 0.6 is 0 Å². The SMILES string of the molecule is Cc1ccc(NC(=O)C2(c3ccc4c(c3)OCO4)CC2)cc1-c1ccc(S(=O)(=O)NC(C)(CO)CO)cc1.[HH].[HH].[HH]. The molecule has 9 nitrogen and oxygen atoms in total. The number of fused-ring (bicyclic) bond motifs is 1. The Balaban J connectivity index is 0.00000196. The highest BCUT2D eigenvalue weighted by Gasteiger charge is 2.51. The van der Waals surface area contributed by atoms with E-state index in [1.807, 2.05) is 43.3 Å². The van der Waals surface area contributed by atoms with Crippen LogP contribution in [0.4, 0.5) is 5.69 Å².